The Morgan fingerprint density at radius 1 is 1.62 bits per heavy atom. The number of hydrogen-bond donors (Lipinski definition) is 1. The molecule has 1 saturated heterocycles. The second-order valence-electron chi connectivity index (χ2n) is 5.00. The number of hydrogen-bond acceptors (Lipinski definition) is 3. The molecule has 0 spiro atoms. The molecule has 0 radical (unpaired) electrons. The van der Waals surface area contributed by atoms with Crippen molar-refractivity contribution in [2.24, 2.45) is 0 Å². The number of rotatable bonds is 3. The monoisotopic (exact) mass is 238 g/mol. The van der Waals surface area contributed by atoms with E-state index in [4.69, 9.17) is 0 Å². The van der Waals surface area contributed by atoms with Crippen LogP contribution >= 0.6 is 11.3 Å². The van der Waals surface area contributed by atoms with Crippen molar-refractivity contribution >= 4 is 11.3 Å². The van der Waals surface area contributed by atoms with Crippen LogP contribution in [0.4, 0.5) is 0 Å². The highest BCUT2D eigenvalue weighted by Crippen LogP contribution is 2.27. The smallest absolute Gasteiger partial charge is 0.0414 e. The van der Waals surface area contributed by atoms with Gasteiger partial charge in [0.05, 0.1) is 0 Å². The van der Waals surface area contributed by atoms with E-state index in [0.717, 1.165) is 19.6 Å². The summed E-state index contributed by atoms with van der Waals surface area (Å²) in [5.74, 6) is 0. The second-order valence-corrected chi connectivity index (χ2v) is 5.98. The number of nitrogens with one attached hydrogen (secondary N) is 1. The van der Waals surface area contributed by atoms with Gasteiger partial charge in [0.25, 0.3) is 0 Å². The fourth-order valence-electron chi connectivity index (χ4n) is 2.36. The van der Waals surface area contributed by atoms with E-state index in [-0.39, 0.29) is 0 Å². The third-order valence-electron chi connectivity index (χ3n) is 3.79. The van der Waals surface area contributed by atoms with Crippen molar-refractivity contribution < 1.29 is 0 Å². The number of piperazine rings is 1. The van der Waals surface area contributed by atoms with E-state index in [1.807, 2.05) is 11.3 Å². The Bertz CT molecular complexity index is 323. The molecule has 3 heteroatoms. The van der Waals surface area contributed by atoms with Crippen molar-refractivity contribution in [3.05, 3.63) is 22.4 Å². The van der Waals surface area contributed by atoms with Gasteiger partial charge in [-0.2, -0.15) is 0 Å². The summed E-state index contributed by atoms with van der Waals surface area (Å²) >= 11 is 1.87. The highest BCUT2D eigenvalue weighted by atomic mass is 32.1. The molecule has 2 atom stereocenters. The van der Waals surface area contributed by atoms with Gasteiger partial charge in [-0.15, -0.1) is 11.3 Å². The molecule has 2 nitrogen and oxygen atoms in total. The second kappa shape index (κ2) is 4.86. The van der Waals surface area contributed by atoms with Gasteiger partial charge in [-0.3, -0.25) is 4.90 Å². The summed E-state index contributed by atoms with van der Waals surface area (Å²) in [6, 6.07) is 4.96. The van der Waals surface area contributed by atoms with Crippen molar-refractivity contribution in [2.75, 3.05) is 19.6 Å². The highest BCUT2D eigenvalue weighted by Gasteiger charge is 2.31. The van der Waals surface area contributed by atoms with Crippen LogP contribution in [0.15, 0.2) is 17.5 Å². The maximum atomic E-state index is 3.64. The number of thiophene rings is 1. The van der Waals surface area contributed by atoms with Gasteiger partial charge in [-0.05, 0) is 31.7 Å². The largest absolute Gasteiger partial charge is 0.309 e. The van der Waals surface area contributed by atoms with E-state index in [2.05, 4.69) is 48.5 Å². The average molecular weight is 238 g/mol. The Morgan fingerprint density at radius 3 is 3.06 bits per heavy atom. The lowest BCUT2D eigenvalue weighted by Gasteiger charge is -2.43. The molecule has 2 heterocycles. The van der Waals surface area contributed by atoms with Crippen LogP contribution in [0.2, 0.25) is 0 Å². The molecule has 1 aliphatic heterocycles. The summed E-state index contributed by atoms with van der Waals surface area (Å²) in [6.45, 7) is 10.4. The van der Waals surface area contributed by atoms with Crippen molar-refractivity contribution in [3.8, 4) is 0 Å². The zero-order valence-electron chi connectivity index (χ0n) is 10.5. The summed E-state index contributed by atoms with van der Waals surface area (Å²) in [4.78, 5) is 4.09. The normalized spacial score (nSPS) is 29.2. The van der Waals surface area contributed by atoms with E-state index >= 15 is 0 Å². The van der Waals surface area contributed by atoms with Crippen LogP contribution in [0, 0.1) is 0 Å². The highest BCUT2D eigenvalue weighted by molar-refractivity contribution is 7.10. The molecule has 0 aliphatic carbocycles. The zero-order chi connectivity index (χ0) is 11.6. The Morgan fingerprint density at radius 2 is 2.44 bits per heavy atom. The molecule has 90 valence electrons. The van der Waals surface area contributed by atoms with Crippen molar-refractivity contribution in [1.82, 2.24) is 10.2 Å². The topological polar surface area (TPSA) is 15.3 Å². The zero-order valence-corrected chi connectivity index (χ0v) is 11.3. The minimum absolute atomic E-state index is 0.295. The predicted octanol–water partition coefficient (Wildman–Crippen LogP) is 2.88. The average Bonchev–Trinajstić information content (AvgIpc) is 2.82. The fourth-order valence-corrected chi connectivity index (χ4v) is 3.18. The Labute approximate surface area is 103 Å². The molecule has 0 saturated carbocycles. The Balaban J connectivity index is 2.04. The molecule has 1 aromatic heterocycles. The van der Waals surface area contributed by atoms with Gasteiger partial charge in [-0.25, -0.2) is 0 Å². The first-order valence-corrected chi connectivity index (χ1v) is 7.05. The maximum Gasteiger partial charge on any atom is 0.0414 e. The summed E-state index contributed by atoms with van der Waals surface area (Å²) in [6.07, 6.45) is 1.20. The Kier molecular flexibility index (Phi) is 3.67. The lowest BCUT2D eigenvalue weighted by atomic mass is 9.95. The van der Waals surface area contributed by atoms with E-state index in [1.54, 1.807) is 0 Å². The van der Waals surface area contributed by atoms with Gasteiger partial charge in [0, 0.05) is 36.1 Å². The molecule has 16 heavy (non-hydrogen) atoms. The summed E-state index contributed by atoms with van der Waals surface area (Å²) < 4.78 is 0. The van der Waals surface area contributed by atoms with Gasteiger partial charge in [0.1, 0.15) is 0 Å². The molecule has 1 aliphatic rings. The molecule has 0 amide bonds. The quantitative estimate of drug-likeness (QED) is 0.871. The lowest BCUT2D eigenvalue weighted by molar-refractivity contribution is 0.106. The summed E-state index contributed by atoms with van der Waals surface area (Å²) in [5.41, 5.74) is 0.295. The SMILES string of the molecule is CCC1(C)CN(C(C)c2cccs2)CCN1. The van der Waals surface area contributed by atoms with Crippen LogP contribution in [-0.4, -0.2) is 30.1 Å². The third kappa shape index (κ3) is 2.47. The van der Waals surface area contributed by atoms with Crippen molar-refractivity contribution in [3.63, 3.8) is 0 Å². The minimum atomic E-state index is 0.295. The standard InChI is InChI=1S/C13H22N2S/c1-4-13(3)10-15(8-7-14-13)11(2)12-6-5-9-16-12/h5-6,9,11,14H,4,7-8,10H2,1-3H3. The van der Waals surface area contributed by atoms with E-state index in [0.29, 0.717) is 11.6 Å². The van der Waals surface area contributed by atoms with Gasteiger partial charge >= 0.3 is 0 Å². The van der Waals surface area contributed by atoms with Crippen LogP contribution in [0.1, 0.15) is 38.1 Å². The Hall–Kier alpha value is -0.380. The molecule has 2 unspecified atom stereocenters. The lowest BCUT2D eigenvalue weighted by Crippen LogP contribution is -2.58. The summed E-state index contributed by atoms with van der Waals surface area (Å²) in [5, 5.41) is 5.81. The first-order chi connectivity index (χ1) is 7.64. The van der Waals surface area contributed by atoms with Gasteiger partial charge < -0.3 is 5.32 Å². The molecule has 1 N–H and O–H groups in total. The number of nitrogens with zero attached hydrogens (tertiary/aromatic N) is 1. The van der Waals surface area contributed by atoms with Crippen LogP contribution in [0.5, 0.6) is 0 Å². The molecule has 0 bridgehead atoms. The van der Waals surface area contributed by atoms with Gasteiger partial charge in [0.2, 0.25) is 0 Å². The molecule has 0 aromatic carbocycles. The van der Waals surface area contributed by atoms with Gasteiger partial charge in [0.15, 0.2) is 0 Å². The van der Waals surface area contributed by atoms with Crippen LogP contribution in [-0.2, 0) is 0 Å². The summed E-state index contributed by atoms with van der Waals surface area (Å²) in [7, 11) is 0. The first kappa shape index (κ1) is 12.1. The first-order valence-electron chi connectivity index (χ1n) is 6.17. The maximum absolute atomic E-state index is 3.64. The van der Waals surface area contributed by atoms with Crippen molar-refractivity contribution in [2.45, 2.75) is 38.8 Å². The van der Waals surface area contributed by atoms with Crippen LogP contribution in [0.25, 0.3) is 0 Å². The molecule has 1 aromatic rings. The minimum Gasteiger partial charge on any atom is -0.309 e. The van der Waals surface area contributed by atoms with E-state index in [9.17, 15) is 0 Å². The molecular weight excluding hydrogens is 216 g/mol. The molecule has 2 rings (SSSR count). The fraction of sp³-hybridized carbons (Fsp3) is 0.692. The van der Waals surface area contributed by atoms with Crippen LogP contribution < -0.4 is 5.32 Å². The van der Waals surface area contributed by atoms with E-state index < -0.39 is 0 Å². The molecule has 1 fully saturated rings. The third-order valence-corrected chi connectivity index (χ3v) is 4.83. The van der Waals surface area contributed by atoms with Gasteiger partial charge in [-0.1, -0.05) is 13.0 Å². The van der Waals surface area contributed by atoms with Crippen molar-refractivity contribution in [1.29, 1.82) is 0 Å². The predicted molar refractivity (Wildman–Crippen MR) is 71.0 cm³/mol. The van der Waals surface area contributed by atoms with Crippen LogP contribution in [0.3, 0.4) is 0 Å². The molecular formula is C13H22N2S. The van der Waals surface area contributed by atoms with E-state index in [1.165, 1.54) is 11.3 Å².